The third-order valence-electron chi connectivity index (χ3n) is 4.25. The number of rotatable bonds is 8. The van der Waals surface area contributed by atoms with Crippen LogP contribution < -0.4 is 9.47 Å². The average Bonchev–Trinajstić information content (AvgIpc) is 2.55. The van der Waals surface area contributed by atoms with Crippen molar-refractivity contribution in [2.24, 2.45) is 11.8 Å². The largest absolute Gasteiger partial charge is 0.490 e. The molecule has 0 atom stereocenters. The number of nitrogens with zero attached hydrogens (tertiary/aromatic N) is 1. The van der Waals surface area contributed by atoms with Crippen molar-refractivity contribution in [1.82, 2.24) is 4.90 Å². The highest BCUT2D eigenvalue weighted by atomic mass is 16.5. The fourth-order valence-corrected chi connectivity index (χ4v) is 2.88. The van der Waals surface area contributed by atoms with Crippen molar-refractivity contribution < 1.29 is 14.6 Å². The van der Waals surface area contributed by atoms with Gasteiger partial charge in [-0.25, -0.2) is 0 Å². The van der Waals surface area contributed by atoms with Crippen molar-refractivity contribution in [2.75, 3.05) is 32.9 Å². The van der Waals surface area contributed by atoms with Crippen LogP contribution in [0.1, 0.15) is 39.2 Å². The molecule has 1 N–H and O–H groups in total. The molecule has 0 bridgehead atoms. The first kappa shape index (κ1) is 18.1. The molecule has 2 rings (SSSR count). The molecular formula is C19H31NO3. The fourth-order valence-electron chi connectivity index (χ4n) is 2.88. The Kier molecular flexibility index (Phi) is 7.18. The van der Waals surface area contributed by atoms with Crippen molar-refractivity contribution in [3.63, 3.8) is 0 Å². The highest BCUT2D eigenvalue weighted by Gasteiger charge is 2.19. The van der Waals surface area contributed by atoms with Crippen molar-refractivity contribution in [1.29, 1.82) is 0 Å². The first-order valence-electron chi connectivity index (χ1n) is 8.84. The van der Waals surface area contributed by atoms with Crippen molar-refractivity contribution in [3.05, 3.63) is 23.8 Å². The molecule has 1 heterocycles. The second-order valence-electron chi connectivity index (χ2n) is 6.82. The van der Waals surface area contributed by atoms with E-state index in [1.165, 1.54) is 5.56 Å². The Morgan fingerprint density at radius 1 is 1.17 bits per heavy atom. The van der Waals surface area contributed by atoms with E-state index < -0.39 is 0 Å². The van der Waals surface area contributed by atoms with Crippen LogP contribution in [0.25, 0.3) is 0 Å². The summed E-state index contributed by atoms with van der Waals surface area (Å²) in [7, 11) is 0. The zero-order chi connectivity index (χ0) is 16.7. The van der Waals surface area contributed by atoms with E-state index in [0.29, 0.717) is 31.7 Å². The third-order valence-corrected chi connectivity index (χ3v) is 4.25. The van der Waals surface area contributed by atoms with E-state index in [9.17, 15) is 5.11 Å². The summed E-state index contributed by atoms with van der Waals surface area (Å²) in [5, 5.41) is 9.23. The number of piperidine rings is 1. The van der Waals surface area contributed by atoms with Crippen LogP contribution in [-0.2, 0) is 6.54 Å². The van der Waals surface area contributed by atoms with Crippen LogP contribution in [0.2, 0.25) is 0 Å². The van der Waals surface area contributed by atoms with Gasteiger partial charge in [-0.1, -0.05) is 19.9 Å². The maximum absolute atomic E-state index is 9.23. The van der Waals surface area contributed by atoms with Crippen molar-refractivity contribution in [2.45, 2.75) is 40.2 Å². The Balaban J connectivity index is 1.98. The van der Waals surface area contributed by atoms with Gasteiger partial charge in [-0.05, 0) is 62.4 Å². The molecule has 1 fully saturated rings. The molecule has 4 heteroatoms. The van der Waals surface area contributed by atoms with Crippen LogP contribution in [0.3, 0.4) is 0 Å². The molecule has 4 nitrogen and oxygen atoms in total. The number of ether oxygens (including phenoxy) is 2. The van der Waals surface area contributed by atoms with Crippen LogP contribution in [-0.4, -0.2) is 42.9 Å². The minimum atomic E-state index is 0.324. The lowest BCUT2D eigenvalue weighted by Crippen LogP contribution is -2.34. The number of aliphatic hydroxyl groups is 1. The van der Waals surface area contributed by atoms with E-state index in [4.69, 9.17) is 9.47 Å². The zero-order valence-electron chi connectivity index (χ0n) is 14.8. The predicted octanol–water partition coefficient (Wildman–Crippen LogP) is 3.32. The molecule has 0 unspecified atom stereocenters. The normalized spacial score (nSPS) is 16.7. The summed E-state index contributed by atoms with van der Waals surface area (Å²) < 4.78 is 11.6. The fraction of sp³-hybridized carbons (Fsp3) is 0.684. The Hall–Kier alpha value is -1.26. The van der Waals surface area contributed by atoms with Gasteiger partial charge in [-0.15, -0.1) is 0 Å². The van der Waals surface area contributed by atoms with Gasteiger partial charge in [0.05, 0.1) is 13.2 Å². The molecule has 1 saturated heterocycles. The Bertz CT molecular complexity index is 468. The molecule has 1 aliphatic heterocycles. The standard InChI is InChI=1S/C19H31NO3/c1-4-22-19-11-17(5-6-18(19)23-14-15(2)3)12-20-9-7-16(13-21)8-10-20/h5-6,11,15-16,21H,4,7-10,12-14H2,1-3H3. The maximum atomic E-state index is 9.23. The summed E-state index contributed by atoms with van der Waals surface area (Å²) >= 11 is 0. The van der Waals surface area contributed by atoms with Crippen LogP contribution in [0.5, 0.6) is 11.5 Å². The molecule has 0 saturated carbocycles. The van der Waals surface area contributed by atoms with Crippen LogP contribution in [0.4, 0.5) is 0 Å². The molecule has 23 heavy (non-hydrogen) atoms. The molecular weight excluding hydrogens is 290 g/mol. The van der Waals surface area contributed by atoms with E-state index in [0.717, 1.165) is 44.0 Å². The zero-order valence-corrected chi connectivity index (χ0v) is 14.8. The van der Waals surface area contributed by atoms with Gasteiger partial charge in [0.2, 0.25) is 0 Å². The summed E-state index contributed by atoms with van der Waals surface area (Å²) in [4.78, 5) is 2.45. The van der Waals surface area contributed by atoms with Gasteiger partial charge >= 0.3 is 0 Å². The number of hydrogen-bond acceptors (Lipinski definition) is 4. The van der Waals surface area contributed by atoms with Crippen LogP contribution in [0, 0.1) is 11.8 Å². The molecule has 0 spiro atoms. The smallest absolute Gasteiger partial charge is 0.161 e. The number of aliphatic hydroxyl groups excluding tert-OH is 1. The predicted molar refractivity (Wildman–Crippen MR) is 93.0 cm³/mol. The molecule has 0 radical (unpaired) electrons. The van der Waals surface area contributed by atoms with E-state index in [-0.39, 0.29) is 0 Å². The topological polar surface area (TPSA) is 41.9 Å². The lowest BCUT2D eigenvalue weighted by molar-refractivity contribution is 0.127. The molecule has 1 aliphatic rings. The van der Waals surface area contributed by atoms with E-state index in [1.807, 2.05) is 13.0 Å². The number of benzene rings is 1. The molecule has 0 amide bonds. The van der Waals surface area contributed by atoms with Crippen molar-refractivity contribution >= 4 is 0 Å². The lowest BCUT2D eigenvalue weighted by atomic mass is 9.97. The van der Waals surface area contributed by atoms with E-state index >= 15 is 0 Å². The first-order chi connectivity index (χ1) is 11.1. The van der Waals surface area contributed by atoms with E-state index in [2.05, 4.69) is 30.9 Å². The summed E-state index contributed by atoms with van der Waals surface area (Å²) in [5.74, 6) is 2.66. The van der Waals surface area contributed by atoms with Gasteiger partial charge in [-0.2, -0.15) is 0 Å². The van der Waals surface area contributed by atoms with Gasteiger partial charge in [0.15, 0.2) is 11.5 Å². The van der Waals surface area contributed by atoms with Gasteiger partial charge in [0.1, 0.15) is 0 Å². The molecule has 0 aliphatic carbocycles. The van der Waals surface area contributed by atoms with Crippen LogP contribution in [0.15, 0.2) is 18.2 Å². The highest BCUT2D eigenvalue weighted by molar-refractivity contribution is 5.43. The van der Waals surface area contributed by atoms with Gasteiger partial charge < -0.3 is 14.6 Å². The Labute approximate surface area is 140 Å². The van der Waals surface area contributed by atoms with Gasteiger partial charge in [-0.3, -0.25) is 4.90 Å². The second-order valence-corrected chi connectivity index (χ2v) is 6.82. The van der Waals surface area contributed by atoms with Gasteiger partial charge in [0, 0.05) is 13.2 Å². The minimum absolute atomic E-state index is 0.324. The van der Waals surface area contributed by atoms with Gasteiger partial charge in [0.25, 0.3) is 0 Å². The minimum Gasteiger partial charge on any atom is -0.490 e. The summed E-state index contributed by atoms with van der Waals surface area (Å²) in [5.41, 5.74) is 1.26. The lowest BCUT2D eigenvalue weighted by Gasteiger charge is -2.31. The Morgan fingerprint density at radius 3 is 2.52 bits per heavy atom. The summed E-state index contributed by atoms with van der Waals surface area (Å²) in [6.45, 7) is 11.0. The number of likely N-dealkylation sites (tertiary alicyclic amines) is 1. The highest BCUT2D eigenvalue weighted by Crippen LogP contribution is 2.30. The average molecular weight is 321 g/mol. The third kappa shape index (κ3) is 5.70. The second kappa shape index (κ2) is 9.14. The first-order valence-corrected chi connectivity index (χ1v) is 8.84. The monoisotopic (exact) mass is 321 g/mol. The van der Waals surface area contributed by atoms with Crippen molar-refractivity contribution in [3.8, 4) is 11.5 Å². The van der Waals surface area contributed by atoms with E-state index in [1.54, 1.807) is 0 Å². The van der Waals surface area contributed by atoms with Crippen LogP contribution >= 0.6 is 0 Å². The SMILES string of the molecule is CCOc1cc(CN2CCC(CO)CC2)ccc1OCC(C)C. The molecule has 0 aromatic heterocycles. The molecule has 1 aromatic rings. The molecule has 130 valence electrons. The summed E-state index contributed by atoms with van der Waals surface area (Å²) in [6, 6.07) is 6.27. The summed E-state index contributed by atoms with van der Waals surface area (Å²) in [6.07, 6.45) is 2.18. The number of hydrogen-bond donors (Lipinski definition) is 1. The Morgan fingerprint density at radius 2 is 1.91 bits per heavy atom. The molecule has 1 aromatic carbocycles. The quantitative estimate of drug-likeness (QED) is 0.797. The maximum Gasteiger partial charge on any atom is 0.161 e.